The molecule has 0 saturated carbocycles. The lowest BCUT2D eigenvalue weighted by molar-refractivity contribution is 0.0132. The second-order valence-corrected chi connectivity index (χ2v) is 5.55. The average Bonchev–Trinajstić information content (AvgIpc) is 2.15. The Morgan fingerprint density at radius 1 is 1.44 bits per heavy atom. The van der Waals surface area contributed by atoms with E-state index in [1.165, 1.54) is 0 Å². The van der Waals surface area contributed by atoms with Crippen LogP contribution in [0.25, 0.3) is 0 Å². The molecule has 1 amide bonds. The molecular weight excluding hydrogens is 228 g/mol. The van der Waals surface area contributed by atoms with Crippen LogP contribution in [0.4, 0.5) is 4.79 Å². The molecule has 1 heterocycles. The van der Waals surface area contributed by atoms with Gasteiger partial charge in [-0.2, -0.15) is 0 Å². The summed E-state index contributed by atoms with van der Waals surface area (Å²) in [7, 11) is 0. The summed E-state index contributed by atoms with van der Waals surface area (Å²) in [5, 5.41) is 0. The van der Waals surface area contributed by atoms with E-state index in [2.05, 4.69) is 6.92 Å². The molecule has 0 bridgehead atoms. The Bertz CT molecular complexity index is 253. The molecule has 1 fully saturated rings. The van der Waals surface area contributed by atoms with E-state index in [0.717, 1.165) is 6.42 Å². The van der Waals surface area contributed by atoms with Gasteiger partial charge in [0.05, 0.1) is 0 Å². The lowest BCUT2D eigenvalue weighted by Crippen LogP contribution is -2.52. The SMILES string of the molecule is CC[C@H]1CN(C(=O)OC(C)(C)C)CCN1Cl. The van der Waals surface area contributed by atoms with Crippen molar-refractivity contribution in [3.8, 4) is 0 Å². The highest BCUT2D eigenvalue weighted by molar-refractivity contribution is 6.13. The zero-order valence-electron chi connectivity index (χ0n) is 10.5. The third-order valence-corrected chi connectivity index (χ3v) is 2.98. The van der Waals surface area contributed by atoms with Crippen molar-refractivity contribution in [2.24, 2.45) is 0 Å². The van der Waals surface area contributed by atoms with Gasteiger partial charge in [-0.3, -0.25) is 0 Å². The van der Waals surface area contributed by atoms with Crippen molar-refractivity contribution in [3.63, 3.8) is 0 Å². The Kier molecular flexibility index (Phi) is 4.44. The molecule has 0 spiro atoms. The summed E-state index contributed by atoms with van der Waals surface area (Å²) in [6.45, 7) is 9.67. The summed E-state index contributed by atoms with van der Waals surface area (Å²) in [6.07, 6.45) is 0.693. The molecule has 5 heteroatoms. The molecule has 16 heavy (non-hydrogen) atoms. The topological polar surface area (TPSA) is 32.8 Å². The first-order chi connectivity index (χ1) is 7.33. The van der Waals surface area contributed by atoms with Gasteiger partial charge >= 0.3 is 6.09 Å². The predicted octanol–water partition coefficient (Wildman–Crippen LogP) is 2.47. The fraction of sp³-hybridized carbons (Fsp3) is 0.909. The summed E-state index contributed by atoms with van der Waals surface area (Å²) in [5.41, 5.74) is -0.434. The first kappa shape index (κ1) is 13.6. The number of ether oxygens (including phenoxy) is 1. The second-order valence-electron chi connectivity index (χ2n) is 5.11. The van der Waals surface area contributed by atoms with Crippen LogP contribution in [-0.2, 0) is 4.74 Å². The highest BCUT2D eigenvalue weighted by Gasteiger charge is 2.30. The maximum Gasteiger partial charge on any atom is 0.410 e. The van der Waals surface area contributed by atoms with Crippen LogP contribution < -0.4 is 0 Å². The molecular formula is C11H21ClN2O2. The quantitative estimate of drug-likeness (QED) is 0.669. The van der Waals surface area contributed by atoms with E-state index in [-0.39, 0.29) is 12.1 Å². The predicted molar refractivity (Wildman–Crippen MR) is 64.4 cm³/mol. The fourth-order valence-electron chi connectivity index (χ4n) is 1.65. The molecule has 94 valence electrons. The highest BCUT2D eigenvalue weighted by Crippen LogP contribution is 2.17. The first-order valence-electron chi connectivity index (χ1n) is 5.74. The zero-order valence-corrected chi connectivity index (χ0v) is 11.3. The molecule has 0 aromatic heterocycles. The smallest absolute Gasteiger partial charge is 0.410 e. The van der Waals surface area contributed by atoms with Crippen molar-refractivity contribution in [2.75, 3.05) is 19.6 Å². The number of amides is 1. The van der Waals surface area contributed by atoms with Crippen LogP contribution >= 0.6 is 11.8 Å². The lowest BCUT2D eigenvalue weighted by Gasteiger charge is -2.37. The first-order valence-corrected chi connectivity index (χ1v) is 6.07. The summed E-state index contributed by atoms with van der Waals surface area (Å²) >= 11 is 6.04. The molecule has 1 saturated heterocycles. The Hall–Kier alpha value is -0.480. The minimum Gasteiger partial charge on any atom is -0.444 e. The van der Waals surface area contributed by atoms with Crippen LogP contribution in [0.15, 0.2) is 0 Å². The summed E-state index contributed by atoms with van der Waals surface area (Å²) in [5.74, 6) is 0. The van der Waals surface area contributed by atoms with Gasteiger partial charge < -0.3 is 9.64 Å². The van der Waals surface area contributed by atoms with E-state index in [0.29, 0.717) is 19.6 Å². The summed E-state index contributed by atoms with van der Waals surface area (Å²) < 4.78 is 7.11. The number of carbonyl (C=O) groups excluding carboxylic acids is 1. The van der Waals surface area contributed by atoms with Crippen LogP contribution in [0.1, 0.15) is 34.1 Å². The number of nitrogens with zero attached hydrogens (tertiary/aromatic N) is 2. The molecule has 0 aromatic carbocycles. The molecule has 4 nitrogen and oxygen atoms in total. The van der Waals surface area contributed by atoms with Crippen molar-refractivity contribution in [1.29, 1.82) is 0 Å². The standard InChI is InChI=1S/C11H21ClN2O2/c1-5-9-8-13(6-7-14(9)12)10(15)16-11(2,3)4/h9H,5-8H2,1-4H3/t9-/m0/s1. The zero-order chi connectivity index (χ0) is 12.3. The largest absolute Gasteiger partial charge is 0.444 e. The van der Waals surface area contributed by atoms with E-state index in [1.807, 2.05) is 20.8 Å². The molecule has 1 aliphatic heterocycles. The number of hydrogen-bond donors (Lipinski definition) is 0. The van der Waals surface area contributed by atoms with E-state index < -0.39 is 5.60 Å². The van der Waals surface area contributed by atoms with Crippen molar-refractivity contribution in [1.82, 2.24) is 9.32 Å². The van der Waals surface area contributed by atoms with Gasteiger partial charge in [0.1, 0.15) is 5.60 Å². The van der Waals surface area contributed by atoms with Gasteiger partial charge in [-0.1, -0.05) is 6.92 Å². The van der Waals surface area contributed by atoms with Crippen molar-refractivity contribution in [2.45, 2.75) is 45.8 Å². The number of hydrogen-bond acceptors (Lipinski definition) is 3. The van der Waals surface area contributed by atoms with E-state index in [1.54, 1.807) is 9.32 Å². The molecule has 0 radical (unpaired) electrons. The van der Waals surface area contributed by atoms with E-state index in [9.17, 15) is 4.79 Å². The van der Waals surface area contributed by atoms with Gasteiger partial charge in [-0.25, -0.2) is 9.21 Å². The molecule has 0 unspecified atom stereocenters. The van der Waals surface area contributed by atoms with Gasteiger partial charge in [-0.15, -0.1) is 0 Å². The van der Waals surface area contributed by atoms with Crippen molar-refractivity contribution >= 4 is 17.9 Å². The third-order valence-electron chi connectivity index (χ3n) is 2.53. The molecule has 0 aromatic rings. The molecule has 0 aliphatic carbocycles. The fourth-order valence-corrected chi connectivity index (χ4v) is 1.93. The van der Waals surface area contributed by atoms with E-state index >= 15 is 0 Å². The molecule has 1 atom stereocenters. The minimum absolute atomic E-state index is 0.225. The second kappa shape index (κ2) is 5.23. The monoisotopic (exact) mass is 248 g/mol. The van der Waals surface area contributed by atoms with Crippen LogP contribution in [-0.4, -0.2) is 46.7 Å². The Labute approximate surface area is 103 Å². The van der Waals surface area contributed by atoms with Gasteiger partial charge in [0.2, 0.25) is 0 Å². The van der Waals surface area contributed by atoms with Crippen LogP contribution in [0.5, 0.6) is 0 Å². The van der Waals surface area contributed by atoms with Gasteiger partial charge in [-0.05, 0) is 39.0 Å². The normalized spacial score (nSPS) is 23.3. The third kappa shape index (κ3) is 3.83. The minimum atomic E-state index is -0.434. The van der Waals surface area contributed by atoms with Crippen LogP contribution in [0, 0.1) is 0 Å². The maximum absolute atomic E-state index is 11.8. The number of rotatable bonds is 1. The van der Waals surface area contributed by atoms with Crippen LogP contribution in [0.2, 0.25) is 0 Å². The molecule has 1 aliphatic rings. The van der Waals surface area contributed by atoms with Crippen LogP contribution in [0.3, 0.4) is 0 Å². The molecule has 1 rings (SSSR count). The number of halogens is 1. The summed E-state index contributed by atoms with van der Waals surface area (Å²) in [4.78, 5) is 13.6. The Balaban J connectivity index is 2.52. The Morgan fingerprint density at radius 2 is 2.06 bits per heavy atom. The average molecular weight is 249 g/mol. The van der Waals surface area contributed by atoms with Crippen molar-refractivity contribution in [3.05, 3.63) is 0 Å². The van der Waals surface area contributed by atoms with Gasteiger partial charge in [0.15, 0.2) is 0 Å². The lowest BCUT2D eigenvalue weighted by atomic mass is 10.1. The summed E-state index contributed by atoms with van der Waals surface area (Å²) in [6, 6.07) is 0.225. The number of piperazine rings is 1. The van der Waals surface area contributed by atoms with E-state index in [4.69, 9.17) is 16.5 Å². The Morgan fingerprint density at radius 3 is 2.56 bits per heavy atom. The highest BCUT2D eigenvalue weighted by atomic mass is 35.5. The number of carbonyl (C=O) groups is 1. The van der Waals surface area contributed by atoms with Crippen molar-refractivity contribution < 1.29 is 9.53 Å². The maximum atomic E-state index is 11.8. The van der Waals surface area contributed by atoms with Gasteiger partial charge in [0, 0.05) is 25.7 Å². The molecule has 0 N–H and O–H groups in total. The van der Waals surface area contributed by atoms with Gasteiger partial charge in [0.25, 0.3) is 0 Å².